The summed E-state index contributed by atoms with van der Waals surface area (Å²) >= 11 is 0. The zero-order valence-corrected chi connectivity index (χ0v) is 12.8. The average molecular weight is 290 g/mol. The van der Waals surface area contributed by atoms with Crippen molar-refractivity contribution >= 4 is 11.8 Å². The fourth-order valence-corrected chi connectivity index (χ4v) is 4.55. The maximum absolute atomic E-state index is 12.8. The van der Waals surface area contributed by atoms with Gasteiger partial charge in [-0.25, -0.2) is 0 Å². The molecule has 4 rings (SSSR count). The molecule has 4 heteroatoms. The predicted molar refractivity (Wildman–Crippen MR) is 79.5 cm³/mol. The van der Waals surface area contributed by atoms with E-state index in [2.05, 4.69) is 4.90 Å². The lowest BCUT2D eigenvalue weighted by Gasteiger charge is -2.47. The van der Waals surface area contributed by atoms with Crippen LogP contribution in [0.25, 0.3) is 0 Å². The van der Waals surface area contributed by atoms with Gasteiger partial charge in [0, 0.05) is 25.6 Å². The third-order valence-electron chi connectivity index (χ3n) is 5.95. The van der Waals surface area contributed by atoms with Gasteiger partial charge < -0.3 is 9.80 Å². The van der Waals surface area contributed by atoms with Gasteiger partial charge in [0.25, 0.3) is 0 Å². The summed E-state index contributed by atoms with van der Waals surface area (Å²) in [6, 6.07) is -0.132. The molecule has 4 aliphatic rings. The Hall–Kier alpha value is -1.06. The summed E-state index contributed by atoms with van der Waals surface area (Å²) in [5.41, 5.74) is 0. The highest BCUT2D eigenvalue weighted by Gasteiger charge is 2.46. The Balaban J connectivity index is 1.46. The topological polar surface area (TPSA) is 40.6 Å². The number of carbonyl (C=O) groups is 2. The first kappa shape index (κ1) is 13.6. The van der Waals surface area contributed by atoms with Gasteiger partial charge in [0.15, 0.2) is 0 Å². The Morgan fingerprint density at radius 2 is 1.86 bits per heavy atom. The summed E-state index contributed by atoms with van der Waals surface area (Å²) in [6.07, 6.45) is 9.28. The third kappa shape index (κ3) is 2.58. The summed E-state index contributed by atoms with van der Waals surface area (Å²) in [5, 5.41) is 0. The van der Waals surface area contributed by atoms with Crippen molar-refractivity contribution in [2.45, 2.75) is 57.4 Å². The first-order valence-electron chi connectivity index (χ1n) is 8.81. The van der Waals surface area contributed by atoms with E-state index in [9.17, 15) is 9.59 Å². The number of rotatable bonds is 3. The number of piperidine rings is 2. The van der Waals surface area contributed by atoms with Crippen molar-refractivity contribution in [2.24, 2.45) is 17.8 Å². The molecule has 0 radical (unpaired) electrons. The largest absolute Gasteiger partial charge is 0.340 e. The van der Waals surface area contributed by atoms with Crippen LogP contribution in [-0.2, 0) is 9.59 Å². The number of hydrogen-bond donors (Lipinski definition) is 0. The van der Waals surface area contributed by atoms with E-state index in [1.54, 1.807) is 0 Å². The molecule has 0 spiro atoms. The van der Waals surface area contributed by atoms with Gasteiger partial charge in [-0.3, -0.25) is 9.59 Å². The van der Waals surface area contributed by atoms with Gasteiger partial charge in [-0.1, -0.05) is 12.8 Å². The summed E-state index contributed by atoms with van der Waals surface area (Å²) in [7, 11) is 0. The number of fused-ring (bicyclic) bond motifs is 2. The van der Waals surface area contributed by atoms with E-state index in [4.69, 9.17) is 0 Å². The molecule has 0 aromatic rings. The number of likely N-dealkylation sites (tertiary alicyclic amines) is 2. The van der Waals surface area contributed by atoms with E-state index in [0.717, 1.165) is 45.3 Å². The van der Waals surface area contributed by atoms with Crippen molar-refractivity contribution in [1.82, 2.24) is 9.80 Å². The lowest BCUT2D eigenvalue weighted by atomic mass is 9.85. The molecule has 2 saturated heterocycles. The van der Waals surface area contributed by atoms with Crippen LogP contribution in [0.5, 0.6) is 0 Å². The van der Waals surface area contributed by atoms with Crippen molar-refractivity contribution in [3.63, 3.8) is 0 Å². The van der Waals surface area contributed by atoms with Gasteiger partial charge >= 0.3 is 0 Å². The molecule has 4 nitrogen and oxygen atoms in total. The number of amides is 2. The van der Waals surface area contributed by atoms with Gasteiger partial charge in [-0.05, 0) is 50.4 Å². The quantitative estimate of drug-likeness (QED) is 0.798. The predicted octanol–water partition coefficient (Wildman–Crippen LogP) is 2.04. The van der Waals surface area contributed by atoms with E-state index in [0.29, 0.717) is 11.8 Å². The Morgan fingerprint density at radius 3 is 2.57 bits per heavy atom. The molecule has 0 N–H and O–H groups in total. The van der Waals surface area contributed by atoms with Crippen molar-refractivity contribution in [3.05, 3.63) is 0 Å². The molecule has 2 atom stereocenters. The number of carbonyl (C=O) groups excluding carboxylic acids is 2. The number of nitrogens with zero attached hydrogens (tertiary/aromatic N) is 2. The second kappa shape index (κ2) is 5.29. The van der Waals surface area contributed by atoms with E-state index in [-0.39, 0.29) is 23.8 Å². The zero-order chi connectivity index (χ0) is 14.4. The molecule has 2 aliphatic heterocycles. The van der Waals surface area contributed by atoms with E-state index in [1.165, 1.54) is 25.7 Å². The SMILES string of the molecule is O=C1[C@H]2C[C@H](CCN2C(=O)C2CC2)CN1CC1CCCC1. The molecule has 116 valence electrons. The van der Waals surface area contributed by atoms with Crippen LogP contribution in [0.4, 0.5) is 0 Å². The van der Waals surface area contributed by atoms with Crippen molar-refractivity contribution in [1.29, 1.82) is 0 Å². The van der Waals surface area contributed by atoms with Gasteiger partial charge in [0.2, 0.25) is 11.8 Å². The molecule has 2 amide bonds. The Labute approximate surface area is 126 Å². The minimum absolute atomic E-state index is 0.132. The summed E-state index contributed by atoms with van der Waals surface area (Å²) in [6.45, 7) is 2.70. The monoisotopic (exact) mass is 290 g/mol. The highest BCUT2D eigenvalue weighted by atomic mass is 16.2. The van der Waals surface area contributed by atoms with Crippen molar-refractivity contribution in [2.75, 3.05) is 19.6 Å². The maximum atomic E-state index is 12.8. The van der Waals surface area contributed by atoms with Gasteiger partial charge in [-0.15, -0.1) is 0 Å². The molecule has 2 saturated carbocycles. The smallest absolute Gasteiger partial charge is 0.245 e. The standard InChI is InChI=1S/C17H26N2O2/c20-16(14-5-6-14)19-8-7-13-9-15(19)17(21)18(11-13)10-12-3-1-2-4-12/h12-15H,1-11H2/t13-,15+/m0/s1. The molecule has 0 unspecified atom stereocenters. The van der Waals surface area contributed by atoms with Crippen molar-refractivity contribution < 1.29 is 9.59 Å². The molecular weight excluding hydrogens is 264 g/mol. The van der Waals surface area contributed by atoms with Crippen molar-refractivity contribution in [3.8, 4) is 0 Å². The zero-order valence-electron chi connectivity index (χ0n) is 12.8. The Bertz CT molecular complexity index is 440. The van der Waals surface area contributed by atoms with E-state index < -0.39 is 0 Å². The van der Waals surface area contributed by atoms with Crippen LogP contribution in [0.2, 0.25) is 0 Å². The molecule has 0 aromatic heterocycles. The van der Waals surface area contributed by atoms with Gasteiger partial charge in [0.05, 0.1) is 0 Å². The molecule has 21 heavy (non-hydrogen) atoms. The minimum atomic E-state index is -0.132. The molecule has 0 aromatic carbocycles. The summed E-state index contributed by atoms with van der Waals surface area (Å²) < 4.78 is 0. The maximum Gasteiger partial charge on any atom is 0.245 e. The second-order valence-corrected chi connectivity index (χ2v) is 7.61. The van der Waals surface area contributed by atoms with Crippen LogP contribution >= 0.6 is 0 Å². The van der Waals surface area contributed by atoms with E-state index >= 15 is 0 Å². The molecular formula is C17H26N2O2. The van der Waals surface area contributed by atoms with Crippen LogP contribution in [-0.4, -0.2) is 47.3 Å². The average Bonchev–Trinajstić information content (AvgIpc) is 3.22. The highest BCUT2D eigenvalue weighted by Crippen LogP contribution is 2.37. The Morgan fingerprint density at radius 1 is 1.10 bits per heavy atom. The second-order valence-electron chi connectivity index (χ2n) is 7.61. The van der Waals surface area contributed by atoms with Gasteiger partial charge in [-0.2, -0.15) is 0 Å². The minimum Gasteiger partial charge on any atom is -0.340 e. The van der Waals surface area contributed by atoms with Crippen LogP contribution < -0.4 is 0 Å². The van der Waals surface area contributed by atoms with Crippen LogP contribution in [0, 0.1) is 17.8 Å². The Kier molecular flexibility index (Phi) is 3.43. The third-order valence-corrected chi connectivity index (χ3v) is 5.95. The van der Waals surface area contributed by atoms with Crippen LogP contribution in [0.3, 0.4) is 0 Å². The normalized spacial score (nSPS) is 33.6. The molecule has 2 bridgehead atoms. The number of hydrogen-bond acceptors (Lipinski definition) is 2. The summed E-state index contributed by atoms with van der Waals surface area (Å²) in [4.78, 5) is 29.3. The fraction of sp³-hybridized carbons (Fsp3) is 0.882. The fourth-order valence-electron chi connectivity index (χ4n) is 4.55. The first-order chi connectivity index (χ1) is 10.2. The first-order valence-corrected chi connectivity index (χ1v) is 8.81. The summed E-state index contributed by atoms with van der Waals surface area (Å²) in [5.74, 6) is 2.07. The van der Waals surface area contributed by atoms with Crippen LogP contribution in [0.15, 0.2) is 0 Å². The molecule has 2 aliphatic carbocycles. The van der Waals surface area contributed by atoms with Gasteiger partial charge in [0.1, 0.15) is 6.04 Å². The lowest BCUT2D eigenvalue weighted by molar-refractivity contribution is -0.155. The lowest BCUT2D eigenvalue weighted by Crippen LogP contribution is -2.61. The van der Waals surface area contributed by atoms with Crippen LogP contribution in [0.1, 0.15) is 51.4 Å². The molecule has 2 heterocycles. The van der Waals surface area contributed by atoms with E-state index in [1.807, 2.05) is 4.90 Å². The molecule has 4 fully saturated rings. The highest BCUT2D eigenvalue weighted by molar-refractivity contribution is 5.90.